The van der Waals surface area contributed by atoms with Crippen molar-refractivity contribution in [1.82, 2.24) is 10.3 Å². The molecule has 0 saturated heterocycles. The molecule has 0 aliphatic carbocycles. The summed E-state index contributed by atoms with van der Waals surface area (Å²) in [4.78, 5) is 26.4. The van der Waals surface area contributed by atoms with E-state index in [4.69, 9.17) is 17.3 Å². The van der Waals surface area contributed by atoms with E-state index < -0.39 is 11.8 Å². The second kappa shape index (κ2) is 6.44. The van der Waals surface area contributed by atoms with Crippen LogP contribution in [0.4, 0.5) is 0 Å². The second-order valence-corrected chi connectivity index (χ2v) is 5.14. The third-order valence-corrected chi connectivity index (χ3v) is 3.25. The summed E-state index contributed by atoms with van der Waals surface area (Å²) in [6, 6.07) is 6.78. The van der Waals surface area contributed by atoms with Gasteiger partial charge in [-0.15, -0.1) is 0 Å². The van der Waals surface area contributed by atoms with Crippen LogP contribution in [-0.4, -0.2) is 28.4 Å². The van der Waals surface area contributed by atoms with E-state index >= 15 is 0 Å². The summed E-state index contributed by atoms with van der Waals surface area (Å²) in [5, 5.41) is 12.8. The van der Waals surface area contributed by atoms with Crippen LogP contribution >= 0.6 is 11.6 Å². The van der Waals surface area contributed by atoms with Crippen LogP contribution in [0.15, 0.2) is 30.5 Å². The van der Waals surface area contributed by atoms with Crippen LogP contribution in [0.1, 0.15) is 16.1 Å². The average molecular weight is 320 g/mol. The molecule has 0 saturated carbocycles. The Morgan fingerprint density at radius 3 is 2.73 bits per heavy atom. The summed E-state index contributed by atoms with van der Waals surface area (Å²) in [5.41, 5.74) is 7.15. The lowest BCUT2D eigenvalue weighted by atomic mass is 10.0. The summed E-state index contributed by atoms with van der Waals surface area (Å²) in [7, 11) is 0. The lowest BCUT2D eigenvalue weighted by Crippen LogP contribution is -2.33. The molecule has 0 unspecified atom stereocenters. The molecule has 0 atom stereocenters. The number of nitrogens with one attached hydrogen (secondary N) is 1. The molecule has 22 heavy (non-hydrogen) atoms. The van der Waals surface area contributed by atoms with Gasteiger partial charge < -0.3 is 16.2 Å². The predicted molar refractivity (Wildman–Crippen MR) is 82.6 cm³/mol. The molecular formula is C15H14ClN3O3. The van der Waals surface area contributed by atoms with Gasteiger partial charge in [-0.25, -0.2) is 4.98 Å². The van der Waals surface area contributed by atoms with Crippen LogP contribution in [0.25, 0.3) is 11.1 Å². The van der Waals surface area contributed by atoms with Crippen molar-refractivity contribution in [2.45, 2.75) is 6.92 Å². The fourth-order valence-electron chi connectivity index (χ4n) is 1.93. The van der Waals surface area contributed by atoms with Gasteiger partial charge in [-0.3, -0.25) is 9.59 Å². The van der Waals surface area contributed by atoms with Gasteiger partial charge in [0.1, 0.15) is 5.75 Å². The van der Waals surface area contributed by atoms with Crippen molar-refractivity contribution in [3.8, 4) is 16.9 Å². The number of rotatable bonds is 4. The average Bonchev–Trinajstić information content (AvgIpc) is 2.47. The third kappa shape index (κ3) is 3.53. The van der Waals surface area contributed by atoms with Crippen LogP contribution in [0, 0.1) is 6.92 Å². The van der Waals surface area contributed by atoms with Crippen LogP contribution in [0.3, 0.4) is 0 Å². The van der Waals surface area contributed by atoms with Gasteiger partial charge in [0.05, 0.1) is 6.54 Å². The zero-order valence-electron chi connectivity index (χ0n) is 11.8. The van der Waals surface area contributed by atoms with E-state index in [2.05, 4.69) is 10.3 Å². The molecule has 0 aliphatic heterocycles. The summed E-state index contributed by atoms with van der Waals surface area (Å²) >= 11 is 5.97. The van der Waals surface area contributed by atoms with Gasteiger partial charge in [0, 0.05) is 16.8 Å². The number of benzene rings is 1. The highest BCUT2D eigenvalue weighted by atomic mass is 35.5. The van der Waals surface area contributed by atoms with Gasteiger partial charge in [-0.1, -0.05) is 17.7 Å². The number of primary amides is 1. The first-order chi connectivity index (χ1) is 10.4. The highest BCUT2D eigenvalue weighted by Gasteiger charge is 2.15. The lowest BCUT2D eigenvalue weighted by molar-refractivity contribution is -0.117. The number of carbonyl (C=O) groups excluding carboxylic acids is 2. The van der Waals surface area contributed by atoms with Gasteiger partial charge in [0.25, 0.3) is 5.91 Å². The topological polar surface area (TPSA) is 105 Å². The molecule has 0 spiro atoms. The van der Waals surface area contributed by atoms with Gasteiger partial charge in [0.15, 0.2) is 5.69 Å². The van der Waals surface area contributed by atoms with Crippen molar-refractivity contribution in [3.63, 3.8) is 0 Å². The van der Waals surface area contributed by atoms with E-state index in [9.17, 15) is 14.7 Å². The minimum Gasteiger partial charge on any atom is -0.505 e. The third-order valence-electron chi connectivity index (χ3n) is 3.02. The number of hydrogen-bond donors (Lipinski definition) is 3. The van der Waals surface area contributed by atoms with E-state index in [1.165, 1.54) is 12.3 Å². The molecule has 1 aromatic heterocycles. The van der Waals surface area contributed by atoms with E-state index in [0.29, 0.717) is 10.6 Å². The van der Waals surface area contributed by atoms with Crippen LogP contribution in [0.5, 0.6) is 5.75 Å². The fourth-order valence-corrected chi connectivity index (χ4v) is 2.10. The Hall–Kier alpha value is -2.60. The first-order valence-electron chi connectivity index (χ1n) is 6.40. The summed E-state index contributed by atoms with van der Waals surface area (Å²) < 4.78 is 0. The largest absolute Gasteiger partial charge is 0.505 e. The summed E-state index contributed by atoms with van der Waals surface area (Å²) in [5.74, 6) is -1.65. The Balaban J connectivity index is 2.32. The number of nitrogens with two attached hydrogens (primary N) is 1. The molecule has 0 radical (unpaired) electrons. The molecule has 0 aliphatic rings. The van der Waals surface area contributed by atoms with E-state index in [1.807, 2.05) is 13.0 Å². The maximum Gasteiger partial charge on any atom is 0.274 e. The van der Waals surface area contributed by atoms with E-state index in [1.54, 1.807) is 12.1 Å². The second-order valence-electron chi connectivity index (χ2n) is 4.70. The number of aromatic nitrogens is 1. The zero-order chi connectivity index (χ0) is 16.3. The predicted octanol–water partition coefficient (Wildman–Crippen LogP) is 1.63. The smallest absolute Gasteiger partial charge is 0.274 e. The molecule has 2 amide bonds. The fraction of sp³-hybridized carbons (Fsp3) is 0.133. The molecule has 7 heteroatoms. The minimum atomic E-state index is -0.681. The molecule has 4 N–H and O–H groups in total. The first kappa shape index (κ1) is 15.8. The van der Waals surface area contributed by atoms with Gasteiger partial charge >= 0.3 is 0 Å². The Labute approximate surface area is 131 Å². The van der Waals surface area contributed by atoms with Crippen molar-refractivity contribution < 1.29 is 14.7 Å². The van der Waals surface area contributed by atoms with Crippen LogP contribution in [0.2, 0.25) is 5.02 Å². The molecular weight excluding hydrogens is 306 g/mol. The Kier molecular flexibility index (Phi) is 4.62. The molecule has 2 aromatic rings. The van der Waals surface area contributed by atoms with Crippen LogP contribution < -0.4 is 11.1 Å². The van der Waals surface area contributed by atoms with Crippen molar-refractivity contribution in [2.75, 3.05) is 6.54 Å². The number of nitrogens with zero attached hydrogens (tertiary/aromatic N) is 1. The van der Waals surface area contributed by atoms with E-state index in [0.717, 1.165) is 11.1 Å². The minimum absolute atomic E-state index is 0.176. The van der Waals surface area contributed by atoms with E-state index in [-0.39, 0.29) is 18.0 Å². The number of amides is 2. The maximum atomic E-state index is 11.8. The highest BCUT2D eigenvalue weighted by molar-refractivity contribution is 6.30. The maximum absolute atomic E-state index is 11.8. The molecule has 0 bridgehead atoms. The first-order valence-corrected chi connectivity index (χ1v) is 6.78. The zero-order valence-corrected chi connectivity index (χ0v) is 12.5. The quantitative estimate of drug-likeness (QED) is 0.796. The van der Waals surface area contributed by atoms with Gasteiger partial charge in [0.2, 0.25) is 5.91 Å². The summed E-state index contributed by atoms with van der Waals surface area (Å²) in [6.45, 7) is 1.57. The molecule has 1 aromatic carbocycles. The standard InChI is InChI=1S/C15H14ClN3O3/c1-8-2-3-10(16)5-11(8)9-4-12(20)14(18-6-9)15(22)19-7-13(17)21/h2-6,20H,7H2,1H3,(H2,17,21)(H,19,22). The number of aryl methyl sites for hydroxylation is 1. The number of aromatic hydroxyl groups is 1. The van der Waals surface area contributed by atoms with Crippen LogP contribution in [-0.2, 0) is 4.79 Å². The molecule has 0 fully saturated rings. The number of pyridine rings is 1. The number of halogens is 1. The molecule has 2 rings (SSSR count). The molecule has 6 nitrogen and oxygen atoms in total. The lowest BCUT2D eigenvalue weighted by Gasteiger charge is -2.09. The summed E-state index contributed by atoms with van der Waals surface area (Å²) in [6.07, 6.45) is 1.46. The normalized spacial score (nSPS) is 10.3. The van der Waals surface area contributed by atoms with Crippen molar-refractivity contribution in [1.29, 1.82) is 0 Å². The van der Waals surface area contributed by atoms with Crippen molar-refractivity contribution in [2.24, 2.45) is 5.73 Å². The Bertz CT molecular complexity index is 747. The SMILES string of the molecule is Cc1ccc(Cl)cc1-c1cnc(C(=O)NCC(N)=O)c(O)c1. The van der Waals surface area contributed by atoms with Crippen molar-refractivity contribution in [3.05, 3.63) is 46.7 Å². The van der Waals surface area contributed by atoms with Crippen molar-refractivity contribution >= 4 is 23.4 Å². The van der Waals surface area contributed by atoms with Gasteiger partial charge in [-0.05, 0) is 36.2 Å². The number of carbonyl (C=O) groups is 2. The number of hydrogen-bond acceptors (Lipinski definition) is 4. The molecule has 1 heterocycles. The Morgan fingerprint density at radius 2 is 2.09 bits per heavy atom. The Morgan fingerprint density at radius 1 is 1.36 bits per heavy atom. The monoisotopic (exact) mass is 319 g/mol. The molecule has 114 valence electrons. The van der Waals surface area contributed by atoms with Gasteiger partial charge in [-0.2, -0.15) is 0 Å². The highest BCUT2D eigenvalue weighted by Crippen LogP contribution is 2.29.